The number of anilines is 1. The minimum absolute atomic E-state index is 0.0698. The molecule has 42 heavy (non-hydrogen) atoms. The van der Waals surface area contributed by atoms with Crippen LogP contribution in [0.1, 0.15) is 24.3 Å². The number of imidazole rings is 1. The zero-order valence-electron chi connectivity index (χ0n) is 21.7. The van der Waals surface area contributed by atoms with Gasteiger partial charge in [0.2, 0.25) is 0 Å². The van der Waals surface area contributed by atoms with Gasteiger partial charge in [-0.3, -0.25) is 27.9 Å². The molecular formula is C20H27N7O13P2. The maximum atomic E-state index is 13.1. The first-order valence-electron chi connectivity index (χ1n) is 12.3. The molecule has 5 heterocycles. The molecule has 7 atom stereocenters. The Hall–Kier alpha value is -2.87. The molecule has 20 nitrogen and oxygen atoms in total. The molecule has 0 bridgehead atoms. The molecule has 230 valence electrons. The van der Waals surface area contributed by atoms with Crippen LogP contribution in [0.25, 0.3) is 11.2 Å². The third kappa shape index (κ3) is 6.53. The molecule has 0 aliphatic carbocycles. The van der Waals surface area contributed by atoms with Crippen LogP contribution in [0.4, 0.5) is 5.82 Å². The second-order valence-corrected chi connectivity index (χ2v) is 12.2. The van der Waals surface area contributed by atoms with Crippen molar-refractivity contribution in [2.45, 2.75) is 50.0 Å². The summed E-state index contributed by atoms with van der Waals surface area (Å²) in [7, 11) is -9.91. The molecule has 22 heteroatoms. The minimum atomic E-state index is -4.98. The second-order valence-electron chi connectivity index (χ2n) is 9.55. The fraction of sp³-hybridized carbons (Fsp3) is 0.550. The normalized spacial score (nSPS) is 27.9. The Bertz CT molecular complexity index is 1670. The van der Waals surface area contributed by atoms with E-state index in [1.165, 1.54) is 30.3 Å². The number of hydrogen-bond donors (Lipinski definition) is 6. The van der Waals surface area contributed by atoms with E-state index in [-0.39, 0.29) is 35.6 Å². The van der Waals surface area contributed by atoms with Crippen molar-refractivity contribution in [2.24, 2.45) is 0 Å². The van der Waals surface area contributed by atoms with Crippen molar-refractivity contribution in [2.75, 3.05) is 25.6 Å². The largest absolute Gasteiger partial charge is 0.472 e. The number of H-pyrrole nitrogens is 1. The highest BCUT2D eigenvalue weighted by molar-refractivity contribution is 7.47. The van der Waals surface area contributed by atoms with E-state index < -0.39 is 76.8 Å². The molecule has 0 saturated carbocycles. The number of nitrogens with one attached hydrogen (secondary N) is 1. The number of nitrogens with two attached hydrogens (primary N) is 1. The first-order chi connectivity index (χ1) is 19.7. The van der Waals surface area contributed by atoms with Gasteiger partial charge >= 0.3 is 21.3 Å². The summed E-state index contributed by atoms with van der Waals surface area (Å²) < 4.78 is 53.2. The lowest BCUT2D eigenvalue weighted by Crippen LogP contribution is -2.34. The number of aromatic nitrogens is 6. The van der Waals surface area contributed by atoms with Gasteiger partial charge in [-0.1, -0.05) is 0 Å². The van der Waals surface area contributed by atoms with Gasteiger partial charge in [0.15, 0.2) is 11.5 Å². The summed E-state index contributed by atoms with van der Waals surface area (Å²) in [6.07, 6.45) is -2.35. The number of aromatic amines is 1. The molecule has 7 N–H and O–H groups in total. The van der Waals surface area contributed by atoms with Gasteiger partial charge in [-0.05, 0) is 6.92 Å². The van der Waals surface area contributed by atoms with E-state index in [1.54, 1.807) is 0 Å². The monoisotopic (exact) mass is 635 g/mol. The van der Waals surface area contributed by atoms with E-state index in [9.17, 15) is 28.7 Å². The van der Waals surface area contributed by atoms with Gasteiger partial charge in [0.05, 0.1) is 38.3 Å². The van der Waals surface area contributed by atoms with Crippen LogP contribution in [0.2, 0.25) is 0 Å². The van der Waals surface area contributed by atoms with Crippen LogP contribution >= 0.6 is 15.6 Å². The van der Waals surface area contributed by atoms with Gasteiger partial charge in [-0.2, -0.15) is 0 Å². The number of aliphatic hydroxyl groups excluding tert-OH is 1. The highest BCUT2D eigenvalue weighted by Gasteiger charge is 2.46. The molecule has 0 aromatic carbocycles. The highest BCUT2D eigenvalue weighted by atomic mass is 31.2. The predicted molar refractivity (Wildman–Crippen MR) is 138 cm³/mol. The van der Waals surface area contributed by atoms with Crippen molar-refractivity contribution >= 4 is 32.6 Å². The number of hydrogen-bond acceptors (Lipinski definition) is 14. The van der Waals surface area contributed by atoms with Crippen LogP contribution in [0.15, 0.2) is 28.4 Å². The van der Waals surface area contributed by atoms with E-state index in [2.05, 4.69) is 24.5 Å². The summed E-state index contributed by atoms with van der Waals surface area (Å²) in [5.41, 5.74) is 5.18. The van der Waals surface area contributed by atoms with Crippen LogP contribution in [-0.4, -0.2) is 93.1 Å². The molecule has 2 aliphatic rings. The van der Waals surface area contributed by atoms with E-state index in [1.807, 2.05) is 0 Å². The summed E-state index contributed by atoms with van der Waals surface area (Å²) in [5, 5.41) is 10.4. The van der Waals surface area contributed by atoms with Gasteiger partial charge in [-0.15, -0.1) is 0 Å². The van der Waals surface area contributed by atoms with Gasteiger partial charge in [0.25, 0.3) is 5.56 Å². The summed E-state index contributed by atoms with van der Waals surface area (Å²) in [4.78, 5) is 67.0. The van der Waals surface area contributed by atoms with Gasteiger partial charge in [0, 0.05) is 18.2 Å². The predicted octanol–water partition coefficient (Wildman–Crippen LogP) is -1.53. The maximum absolute atomic E-state index is 13.1. The molecule has 0 amide bonds. The first-order valence-corrected chi connectivity index (χ1v) is 15.3. The Balaban J connectivity index is 1.31. The first kappa shape index (κ1) is 30.6. The standard InChI is InChI=1S/C20H27N7O13P2/c1-9-3-26(20(30)25-19(9)29)14-2-11(28)12(39-14)5-38-42(34,35)40-16-10(4-36-13(16)6-37-41(31,32)33)27-8-24-15-17(21)22-7-23-18(15)27/h3,7-8,10-14,16,28H,2,4-6H2,1H3,(H,34,35)(H2,21,22,23)(H,25,29,30)(H2,31,32,33)/t10-,11+,12-,13-,14-,16+/m1/s1. The lowest BCUT2D eigenvalue weighted by molar-refractivity contribution is -0.0519. The van der Waals surface area contributed by atoms with E-state index in [0.29, 0.717) is 0 Å². The topological polar surface area (TPSA) is 286 Å². The molecule has 0 radical (unpaired) electrons. The Kier molecular flexibility index (Phi) is 8.49. The molecule has 3 aromatic rings. The Morgan fingerprint density at radius 3 is 2.60 bits per heavy atom. The lowest BCUT2D eigenvalue weighted by atomic mass is 10.1. The number of fused-ring (bicyclic) bond motifs is 1. The molecule has 1 unspecified atom stereocenters. The summed E-state index contributed by atoms with van der Waals surface area (Å²) in [6.45, 7) is -0.0572. The molecule has 2 saturated heterocycles. The molecule has 5 rings (SSSR count). The maximum Gasteiger partial charge on any atom is 0.472 e. The van der Waals surface area contributed by atoms with Crippen LogP contribution in [0, 0.1) is 6.92 Å². The SMILES string of the molecule is Cc1cn([C@H]2C[C@H](O)[C@@H](COP(=O)(O)O[C@H]3[C@H](n4cnc5c(N)ncnc54)CO[C@@H]3COP(=O)(O)O)O2)c(=O)[nH]c1=O. The number of nitrogens with zero attached hydrogens (tertiary/aromatic N) is 5. The molecule has 0 spiro atoms. The number of rotatable bonds is 10. The Morgan fingerprint density at radius 1 is 1.12 bits per heavy atom. The number of nitrogen functional groups attached to an aromatic ring is 1. The van der Waals surface area contributed by atoms with Crippen LogP contribution < -0.4 is 17.0 Å². The van der Waals surface area contributed by atoms with Crippen molar-refractivity contribution in [3.8, 4) is 0 Å². The van der Waals surface area contributed by atoms with Crippen LogP contribution in [0.3, 0.4) is 0 Å². The van der Waals surface area contributed by atoms with Crippen molar-refractivity contribution in [3.05, 3.63) is 45.3 Å². The number of phosphoric ester groups is 2. The smallest absolute Gasteiger partial charge is 0.390 e. The van der Waals surface area contributed by atoms with Gasteiger partial charge in [0.1, 0.15) is 36.4 Å². The molecule has 2 aliphatic heterocycles. The molecule has 3 aromatic heterocycles. The van der Waals surface area contributed by atoms with Crippen LogP contribution in [0.5, 0.6) is 0 Å². The van der Waals surface area contributed by atoms with E-state index >= 15 is 0 Å². The zero-order chi connectivity index (χ0) is 30.4. The molecule has 2 fully saturated rings. The minimum Gasteiger partial charge on any atom is -0.390 e. The van der Waals surface area contributed by atoms with Crippen molar-refractivity contribution in [1.82, 2.24) is 29.1 Å². The Labute approximate surface area is 234 Å². The van der Waals surface area contributed by atoms with Gasteiger partial charge in [-0.25, -0.2) is 28.9 Å². The van der Waals surface area contributed by atoms with E-state index in [4.69, 9.17) is 34.0 Å². The number of aliphatic hydroxyl groups is 1. The highest BCUT2D eigenvalue weighted by Crippen LogP contribution is 2.50. The van der Waals surface area contributed by atoms with Gasteiger partial charge < -0.3 is 39.6 Å². The Morgan fingerprint density at radius 2 is 1.86 bits per heavy atom. The van der Waals surface area contributed by atoms with E-state index in [0.717, 1.165) is 4.57 Å². The van der Waals surface area contributed by atoms with Crippen molar-refractivity contribution in [1.29, 1.82) is 0 Å². The summed E-state index contributed by atoms with van der Waals surface area (Å²) in [6, 6.07) is -0.910. The number of ether oxygens (including phenoxy) is 2. The summed E-state index contributed by atoms with van der Waals surface area (Å²) in [5.74, 6) is 0.0698. The third-order valence-electron chi connectivity index (χ3n) is 6.70. The van der Waals surface area contributed by atoms with Crippen molar-refractivity contribution in [3.63, 3.8) is 0 Å². The fourth-order valence-corrected chi connectivity index (χ4v) is 5.97. The number of phosphoric acid groups is 2. The third-order valence-corrected chi connectivity index (χ3v) is 8.17. The quantitative estimate of drug-likeness (QED) is 0.138. The number of aryl methyl sites for hydroxylation is 1. The van der Waals surface area contributed by atoms with Crippen molar-refractivity contribution < 1.29 is 52.0 Å². The second kappa shape index (κ2) is 11.7. The molecular weight excluding hydrogens is 608 g/mol. The zero-order valence-corrected chi connectivity index (χ0v) is 23.5. The average molecular weight is 635 g/mol. The lowest BCUT2D eigenvalue weighted by Gasteiger charge is -2.26. The average Bonchev–Trinajstić information content (AvgIpc) is 3.60. The van der Waals surface area contributed by atoms with Crippen LogP contribution in [-0.2, 0) is 32.2 Å². The fourth-order valence-electron chi connectivity index (χ4n) is 4.65. The summed E-state index contributed by atoms with van der Waals surface area (Å²) >= 11 is 0.